The number of likely N-dealkylation sites (tertiary alicyclic amines) is 1. The number of urea groups is 1. The van der Waals surface area contributed by atoms with Crippen molar-refractivity contribution in [3.8, 4) is 0 Å². The third kappa shape index (κ3) is 4.70. The lowest BCUT2D eigenvalue weighted by atomic mass is 10.0. The van der Waals surface area contributed by atoms with Crippen LogP contribution < -0.4 is 5.32 Å². The molecule has 2 fully saturated rings. The second-order valence-electron chi connectivity index (χ2n) is 8.19. The molecule has 2 aliphatic heterocycles. The standard InChI is InChI=1S/C23H30N4O2/c1-18-6-4-5-11-27(18)22(28)17-25-12-14-26(15-13-25)23(29)24-21-10-9-19-7-2-3-8-20(19)16-21/h2-3,7-10,16,18H,4-6,11-15,17H2,1H3,(H,24,29). The summed E-state index contributed by atoms with van der Waals surface area (Å²) in [4.78, 5) is 31.3. The summed E-state index contributed by atoms with van der Waals surface area (Å²) < 4.78 is 0. The number of piperazine rings is 1. The van der Waals surface area contributed by atoms with Crippen LogP contribution in [0, 0.1) is 0 Å². The number of hydrogen-bond donors (Lipinski definition) is 1. The highest BCUT2D eigenvalue weighted by Gasteiger charge is 2.27. The van der Waals surface area contributed by atoms with Crippen LogP contribution in [0.4, 0.5) is 10.5 Å². The predicted octanol–water partition coefficient (Wildman–Crippen LogP) is 3.39. The zero-order valence-electron chi connectivity index (χ0n) is 17.1. The zero-order valence-corrected chi connectivity index (χ0v) is 17.1. The smallest absolute Gasteiger partial charge is 0.321 e. The van der Waals surface area contributed by atoms with Gasteiger partial charge in [0.25, 0.3) is 0 Å². The van der Waals surface area contributed by atoms with Crippen molar-refractivity contribution >= 4 is 28.4 Å². The average molecular weight is 395 g/mol. The van der Waals surface area contributed by atoms with Crippen molar-refractivity contribution in [2.45, 2.75) is 32.2 Å². The van der Waals surface area contributed by atoms with E-state index in [4.69, 9.17) is 0 Å². The van der Waals surface area contributed by atoms with E-state index in [-0.39, 0.29) is 11.9 Å². The number of nitrogens with zero attached hydrogens (tertiary/aromatic N) is 3. The van der Waals surface area contributed by atoms with Crippen LogP contribution in [0.15, 0.2) is 42.5 Å². The normalized spacial score (nSPS) is 20.7. The van der Waals surface area contributed by atoms with E-state index in [0.29, 0.717) is 25.7 Å². The molecule has 6 heteroatoms. The van der Waals surface area contributed by atoms with Crippen molar-refractivity contribution in [3.05, 3.63) is 42.5 Å². The minimum absolute atomic E-state index is 0.0732. The number of anilines is 1. The van der Waals surface area contributed by atoms with E-state index in [9.17, 15) is 9.59 Å². The van der Waals surface area contributed by atoms with Gasteiger partial charge in [0, 0.05) is 44.5 Å². The molecule has 0 saturated carbocycles. The van der Waals surface area contributed by atoms with Gasteiger partial charge in [-0.25, -0.2) is 4.79 Å². The fraction of sp³-hybridized carbons (Fsp3) is 0.478. The van der Waals surface area contributed by atoms with Crippen LogP contribution in [-0.4, -0.2) is 71.9 Å². The van der Waals surface area contributed by atoms with Crippen molar-refractivity contribution in [1.29, 1.82) is 0 Å². The lowest BCUT2D eigenvalue weighted by Gasteiger charge is -2.38. The molecule has 1 N–H and O–H groups in total. The molecule has 29 heavy (non-hydrogen) atoms. The molecule has 0 spiro atoms. The lowest BCUT2D eigenvalue weighted by Crippen LogP contribution is -2.53. The number of nitrogens with one attached hydrogen (secondary N) is 1. The summed E-state index contributed by atoms with van der Waals surface area (Å²) in [5, 5.41) is 5.28. The summed E-state index contributed by atoms with van der Waals surface area (Å²) in [5.74, 6) is 0.228. The highest BCUT2D eigenvalue weighted by atomic mass is 16.2. The van der Waals surface area contributed by atoms with Gasteiger partial charge in [-0.05, 0) is 49.1 Å². The molecule has 0 radical (unpaired) electrons. The molecule has 4 rings (SSSR count). The molecule has 6 nitrogen and oxygen atoms in total. The fourth-order valence-corrected chi connectivity index (χ4v) is 4.33. The SMILES string of the molecule is CC1CCCCN1C(=O)CN1CCN(C(=O)Nc2ccc3ccccc3c2)CC1. The van der Waals surface area contributed by atoms with Crippen LogP contribution in [-0.2, 0) is 4.79 Å². The molecule has 0 aliphatic carbocycles. The molecular weight excluding hydrogens is 364 g/mol. The number of fused-ring (bicyclic) bond motifs is 1. The highest BCUT2D eigenvalue weighted by Crippen LogP contribution is 2.20. The summed E-state index contributed by atoms with van der Waals surface area (Å²) in [6, 6.07) is 14.4. The molecule has 0 bridgehead atoms. The Morgan fingerprint density at radius 2 is 1.72 bits per heavy atom. The van der Waals surface area contributed by atoms with Crippen LogP contribution in [0.2, 0.25) is 0 Å². The summed E-state index contributed by atoms with van der Waals surface area (Å²) >= 11 is 0. The zero-order chi connectivity index (χ0) is 20.2. The number of hydrogen-bond acceptors (Lipinski definition) is 3. The van der Waals surface area contributed by atoms with E-state index in [0.717, 1.165) is 48.9 Å². The topological polar surface area (TPSA) is 55.9 Å². The Morgan fingerprint density at radius 3 is 2.48 bits per heavy atom. The number of benzene rings is 2. The molecule has 2 heterocycles. The van der Waals surface area contributed by atoms with Crippen LogP contribution in [0.5, 0.6) is 0 Å². The Balaban J connectivity index is 1.27. The third-order valence-corrected chi connectivity index (χ3v) is 6.14. The summed E-state index contributed by atoms with van der Waals surface area (Å²) in [7, 11) is 0. The first kappa shape index (κ1) is 19.7. The Morgan fingerprint density at radius 1 is 0.966 bits per heavy atom. The molecule has 2 aliphatic rings. The van der Waals surface area contributed by atoms with Gasteiger partial charge in [0.15, 0.2) is 0 Å². The first-order valence-electron chi connectivity index (χ1n) is 10.7. The Hall–Kier alpha value is -2.60. The van der Waals surface area contributed by atoms with E-state index in [2.05, 4.69) is 23.2 Å². The maximum atomic E-state index is 12.6. The third-order valence-electron chi connectivity index (χ3n) is 6.14. The Kier molecular flexibility index (Phi) is 6.00. The largest absolute Gasteiger partial charge is 0.339 e. The molecule has 2 aromatic carbocycles. The van der Waals surface area contributed by atoms with Crippen LogP contribution >= 0.6 is 0 Å². The molecular formula is C23H30N4O2. The van der Waals surface area contributed by atoms with Crippen molar-refractivity contribution < 1.29 is 9.59 Å². The second-order valence-corrected chi connectivity index (χ2v) is 8.19. The van der Waals surface area contributed by atoms with Crippen molar-refractivity contribution in [2.24, 2.45) is 0 Å². The van der Waals surface area contributed by atoms with E-state index < -0.39 is 0 Å². The fourth-order valence-electron chi connectivity index (χ4n) is 4.33. The molecule has 154 valence electrons. The minimum Gasteiger partial charge on any atom is -0.339 e. The van der Waals surface area contributed by atoms with Crippen molar-refractivity contribution in [3.63, 3.8) is 0 Å². The van der Waals surface area contributed by atoms with Gasteiger partial charge in [0.05, 0.1) is 6.54 Å². The van der Waals surface area contributed by atoms with Crippen LogP contribution in [0.3, 0.4) is 0 Å². The number of amides is 3. The van der Waals surface area contributed by atoms with Gasteiger partial charge >= 0.3 is 6.03 Å². The van der Waals surface area contributed by atoms with Gasteiger partial charge < -0.3 is 15.1 Å². The van der Waals surface area contributed by atoms with Gasteiger partial charge in [-0.3, -0.25) is 9.69 Å². The number of carbonyl (C=O) groups excluding carboxylic acids is 2. The second kappa shape index (κ2) is 8.82. The number of rotatable bonds is 3. The first-order chi connectivity index (χ1) is 14.1. The molecule has 2 aromatic rings. The van der Waals surface area contributed by atoms with E-state index in [1.165, 1.54) is 6.42 Å². The molecule has 1 unspecified atom stereocenters. The first-order valence-corrected chi connectivity index (χ1v) is 10.7. The van der Waals surface area contributed by atoms with E-state index in [1.807, 2.05) is 46.2 Å². The molecule has 2 saturated heterocycles. The number of carbonyl (C=O) groups is 2. The average Bonchev–Trinajstić information content (AvgIpc) is 2.74. The minimum atomic E-state index is -0.0732. The van der Waals surface area contributed by atoms with Gasteiger partial charge in [0.2, 0.25) is 5.91 Å². The molecule has 1 atom stereocenters. The van der Waals surface area contributed by atoms with Crippen molar-refractivity contribution in [2.75, 3.05) is 44.6 Å². The molecule has 3 amide bonds. The highest BCUT2D eigenvalue weighted by molar-refractivity contribution is 5.93. The predicted molar refractivity (Wildman–Crippen MR) is 116 cm³/mol. The summed E-state index contributed by atoms with van der Waals surface area (Å²) in [6.45, 7) is 6.24. The maximum absolute atomic E-state index is 12.6. The quantitative estimate of drug-likeness (QED) is 0.868. The monoisotopic (exact) mass is 394 g/mol. The van der Waals surface area contributed by atoms with Gasteiger partial charge in [-0.2, -0.15) is 0 Å². The lowest BCUT2D eigenvalue weighted by molar-refractivity contribution is -0.136. The molecule has 0 aromatic heterocycles. The van der Waals surface area contributed by atoms with Crippen LogP contribution in [0.25, 0.3) is 10.8 Å². The summed E-state index contributed by atoms with van der Waals surface area (Å²) in [6.07, 6.45) is 3.43. The van der Waals surface area contributed by atoms with Gasteiger partial charge in [0.1, 0.15) is 0 Å². The Bertz CT molecular complexity index is 876. The Labute approximate surface area is 172 Å². The van der Waals surface area contributed by atoms with Crippen molar-refractivity contribution in [1.82, 2.24) is 14.7 Å². The number of piperidine rings is 1. The van der Waals surface area contributed by atoms with E-state index >= 15 is 0 Å². The maximum Gasteiger partial charge on any atom is 0.321 e. The van der Waals surface area contributed by atoms with Gasteiger partial charge in [-0.1, -0.05) is 30.3 Å². The van der Waals surface area contributed by atoms with Gasteiger partial charge in [-0.15, -0.1) is 0 Å². The summed E-state index contributed by atoms with van der Waals surface area (Å²) in [5.41, 5.74) is 0.811. The van der Waals surface area contributed by atoms with Crippen LogP contribution in [0.1, 0.15) is 26.2 Å². The van der Waals surface area contributed by atoms with E-state index in [1.54, 1.807) is 0 Å².